The summed E-state index contributed by atoms with van der Waals surface area (Å²) in [5.41, 5.74) is 0. The van der Waals surface area contributed by atoms with Gasteiger partial charge in [0.2, 0.25) is 0 Å². The van der Waals surface area contributed by atoms with Crippen molar-refractivity contribution < 1.29 is 0 Å². The van der Waals surface area contributed by atoms with Crippen molar-refractivity contribution in [1.82, 2.24) is 14.8 Å². The smallest absolute Gasteiger partial charge is 0.195 e. The summed E-state index contributed by atoms with van der Waals surface area (Å²) in [7, 11) is 0. The number of hydrogen-bond acceptors (Lipinski definition) is 2. The van der Waals surface area contributed by atoms with Crippen LogP contribution in [-0.4, -0.2) is 14.8 Å². The van der Waals surface area contributed by atoms with Gasteiger partial charge in [-0.15, -0.1) is 0 Å². The average molecular weight is 197 g/mol. The Bertz CT molecular complexity index is 348. The minimum absolute atomic E-state index is 0.739. The van der Waals surface area contributed by atoms with E-state index in [1.807, 2.05) is 6.92 Å². The van der Waals surface area contributed by atoms with Gasteiger partial charge in [-0.05, 0) is 43.8 Å². The SMILES string of the molecule is Cc1n[nH]c(=S)n1CC(C)C1CC1. The fourth-order valence-electron chi connectivity index (χ4n) is 1.71. The molecule has 13 heavy (non-hydrogen) atoms. The molecule has 0 aromatic carbocycles. The molecule has 1 aliphatic rings. The summed E-state index contributed by atoms with van der Waals surface area (Å²) in [6, 6.07) is 0. The van der Waals surface area contributed by atoms with Gasteiger partial charge in [0.05, 0.1) is 0 Å². The second kappa shape index (κ2) is 3.25. The number of hydrogen-bond donors (Lipinski definition) is 1. The molecule has 0 bridgehead atoms. The van der Waals surface area contributed by atoms with Crippen molar-refractivity contribution in [3.63, 3.8) is 0 Å². The highest BCUT2D eigenvalue weighted by atomic mass is 32.1. The van der Waals surface area contributed by atoms with E-state index in [2.05, 4.69) is 21.7 Å². The van der Waals surface area contributed by atoms with E-state index in [-0.39, 0.29) is 0 Å². The lowest BCUT2D eigenvalue weighted by molar-refractivity contribution is 0.422. The maximum atomic E-state index is 5.14. The molecule has 1 aliphatic carbocycles. The monoisotopic (exact) mass is 197 g/mol. The summed E-state index contributed by atoms with van der Waals surface area (Å²) >= 11 is 5.14. The molecule has 0 spiro atoms. The summed E-state index contributed by atoms with van der Waals surface area (Å²) in [5, 5.41) is 6.91. The number of aryl methyl sites for hydroxylation is 1. The van der Waals surface area contributed by atoms with E-state index in [9.17, 15) is 0 Å². The highest BCUT2D eigenvalue weighted by Gasteiger charge is 2.28. The first kappa shape index (κ1) is 8.94. The van der Waals surface area contributed by atoms with Crippen LogP contribution in [0.25, 0.3) is 0 Å². The minimum Gasteiger partial charge on any atom is -0.304 e. The van der Waals surface area contributed by atoms with Crippen molar-refractivity contribution in [3.05, 3.63) is 10.6 Å². The Morgan fingerprint density at radius 3 is 2.85 bits per heavy atom. The molecule has 0 saturated heterocycles. The maximum Gasteiger partial charge on any atom is 0.195 e. The van der Waals surface area contributed by atoms with E-state index < -0.39 is 0 Å². The molecule has 1 unspecified atom stereocenters. The summed E-state index contributed by atoms with van der Waals surface area (Å²) in [4.78, 5) is 0. The zero-order valence-electron chi connectivity index (χ0n) is 8.08. The standard InChI is InChI=1S/C9H15N3S/c1-6(8-3-4-8)5-12-7(2)10-11-9(12)13/h6,8H,3-5H2,1-2H3,(H,11,13). The fourth-order valence-corrected chi connectivity index (χ4v) is 1.97. The van der Waals surface area contributed by atoms with Crippen molar-refractivity contribution in [3.8, 4) is 0 Å². The molecule has 0 radical (unpaired) electrons. The van der Waals surface area contributed by atoms with Crippen LogP contribution in [-0.2, 0) is 6.54 Å². The molecular formula is C9H15N3S. The molecule has 3 nitrogen and oxygen atoms in total. The summed E-state index contributed by atoms with van der Waals surface area (Å²) in [6.45, 7) is 5.31. The average Bonchev–Trinajstić information content (AvgIpc) is 2.88. The van der Waals surface area contributed by atoms with Gasteiger partial charge in [0.15, 0.2) is 4.77 Å². The van der Waals surface area contributed by atoms with Crippen LogP contribution in [0, 0.1) is 23.5 Å². The first-order valence-corrected chi connectivity index (χ1v) is 5.21. The molecular weight excluding hydrogens is 182 g/mol. The molecule has 1 atom stereocenters. The van der Waals surface area contributed by atoms with Crippen LogP contribution in [0.1, 0.15) is 25.6 Å². The van der Waals surface area contributed by atoms with E-state index in [1.165, 1.54) is 12.8 Å². The van der Waals surface area contributed by atoms with Gasteiger partial charge in [-0.2, -0.15) is 5.10 Å². The van der Waals surface area contributed by atoms with E-state index in [4.69, 9.17) is 12.2 Å². The topological polar surface area (TPSA) is 33.6 Å². The predicted octanol–water partition coefficient (Wildman–Crippen LogP) is 2.30. The molecule has 1 N–H and O–H groups in total. The van der Waals surface area contributed by atoms with E-state index >= 15 is 0 Å². The van der Waals surface area contributed by atoms with E-state index in [1.54, 1.807) is 0 Å². The third-order valence-corrected chi connectivity index (χ3v) is 3.16. The Hall–Kier alpha value is -0.640. The first-order valence-electron chi connectivity index (χ1n) is 4.80. The quantitative estimate of drug-likeness (QED) is 0.754. The van der Waals surface area contributed by atoms with Crippen LogP contribution in [0.2, 0.25) is 0 Å². The Kier molecular flexibility index (Phi) is 2.24. The molecule has 0 aliphatic heterocycles. The molecule has 4 heteroatoms. The van der Waals surface area contributed by atoms with Crippen molar-refractivity contribution in [1.29, 1.82) is 0 Å². The van der Waals surface area contributed by atoms with Gasteiger partial charge in [0, 0.05) is 6.54 Å². The maximum absolute atomic E-state index is 5.14. The zero-order valence-corrected chi connectivity index (χ0v) is 8.90. The number of H-pyrrole nitrogens is 1. The highest BCUT2D eigenvalue weighted by molar-refractivity contribution is 7.71. The number of rotatable bonds is 3. The van der Waals surface area contributed by atoms with Gasteiger partial charge in [0.25, 0.3) is 0 Å². The Morgan fingerprint density at radius 2 is 2.38 bits per heavy atom. The fraction of sp³-hybridized carbons (Fsp3) is 0.778. The predicted molar refractivity (Wildman–Crippen MR) is 54.0 cm³/mol. The number of nitrogens with one attached hydrogen (secondary N) is 1. The molecule has 0 amide bonds. The minimum atomic E-state index is 0.739. The number of aromatic amines is 1. The third kappa shape index (κ3) is 1.82. The lowest BCUT2D eigenvalue weighted by atomic mass is 10.1. The molecule has 1 saturated carbocycles. The third-order valence-electron chi connectivity index (χ3n) is 2.85. The van der Waals surface area contributed by atoms with E-state index in [0.29, 0.717) is 0 Å². The molecule has 1 aromatic rings. The number of nitrogens with zero attached hydrogens (tertiary/aromatic N) is 2. The summed E-state index contributed by atoms with van der Waals surface area (Å²) < 4.78 is 2.85. The summed E-state index contributed by atoms with van der Waals surface area (Å²) in [6.07, 6.45) is 2.79. The van der Waals surface area contributed by atoms with Gasteiger partial charge in [0.1, 0.15) is 5.82 Å². The van der Waals surface area contributed by atoms with Crippen molar-refractivity contribution >= 4 is 12.2 Å². The van der Waals surface area contributed by atoms with Gasteiger partial charge in [-0.3, -0.25) is 5.10 Å². The Morgan fingerprint density at radius 1 is 1.69 bits per heavy atom. The van der Waals surface area contributed by atoms with Crippen LogP contribution in [0.5, 0.6) is 0 Å². The van der Waals surface area contributed by atoms with E-state index in [0.717, 1.165) is 29.0 Å². The zero-order chi connectivity index (χ0) is 9.42. The molecule has 1 aromatic heterocycles. The van der Waals surface area contributed by atoms with Crippen LogP contribution in [0.4, 0.5) is 0 Å². The largest absolute Gasteiger partial charge is 0.304 e. The van der Waals surface area contributed by atoms with Crippen LogP contribution < -0.4 is 0 Å². The van der Waals surface area contributed by atoms with Gasteiger partial charge < -0.3 is 4.57 Å². The first-order chi connectivity index (χ1) is 6.18. The van der Waals surface area contributed by atoms with Crippen molar-refractivity contribution in [2.24, 2.45) is 11.8 Å². The summed E-state index contributed by atoms with van der Waals surface area (Å²) in [5.74, 6) is 2.66. The number of aromatic nitrogens is 3. The normalized spacial score (nSPS) is 18.9. The lowest BCUT2D eigenvalue weighted by Gasteiger charge is -2.10. The van der Waals surface area contributed by atoms with Gasteiger partial charge >= 0.3 is 0 Å². The van der Waals surface area contributed by atoms with Gasteiger partial charge in [-0.1, -0.05) is 6.92 Å². The molecule has 1 heterocycles. The lowest BCUT2D eigenvalue weighted by Crippen LogP contribution is -2.10. The van der Waals surface area contributed by atoms with Crippen molar-refractivity contribution in [2.45, 2.75) is 33.2 Å². The molecule has 2 rings (SSSR count). The van der Waals surface area contributed by atoms with Crippen LogP contribution in [0.3, 0.4) is 0 Å². The van der Waals surface area contributed by atoms with Gasteiger partial charge in [-0.25, -0.2) is 0 Å². The van der Waals surface area contributed by atoms with Crippen LogP contribution >= 0.6 is 12.2 Å². The van der Waals surface area contributed by atoms with Crippen molar-refractivity contribution in [2.75, 3.05) is 0 Å². The Balaban J connectivity index is 2.11. The molecule has 1 fully saturated rings. The van der Waals surface area contributed by atoms with Crippen LogP contribution in [0.15, 0.2) is 0 Å². The second-order valence-corrected chi connectivity index (χ2v) is 4.39. The highest BCUT2D eigenvalue weighted by Crippen LogP contribution is 2.37. The second-order valence-electron chi connectivity index (χ2n) is 4.00. The Labute approximate surface area is 83.2 Å². The molecule has 72 valence electrons.